The normalized spacial score (nSPS) is 10.4. The summed E-state index contributed by atoms with van der Waals surface area (Å²) >= 11 is 3.44. The number of aromatic nitrogens is 2. The number of nitrogens with one attached hydrogen (secondary N) is 2. The van der Waals surface area contributed by atoms with Crippen molar-refractivity contribution < 1.29 is 9.53 Å². The summed E-state index contributed by atoms with van der Waals surface area (Å²) in [6, 6.07) is 5.85. The van der Waals surface area contributed by atoms with Crippen LogP contribution < -0.4 is 10.1 Å². The lowest BCUT2D eigenvalue weighted by Gasteiger charge is -2.07. The number of aryl methyl sites for hydroxylation is 1. The van der Waals surface area contributed by atoms with Gasteiger partial charge >= 0.3 is 0 Å². The molecule has 0 aliphatic heterocycles. The Balaban J connectivity index is 1.72. The number of ether oxygens (including phenoxy) is 1. The molecule has 21 heavy (non-hydrogen) atoms. The molecule has 0 aliphatic carbocycles. The molecule has 112 valence electrons. The molecule has 0 bridgehead atoms. The number of methoxy groups -OCH3 is 1. The van der Waals surface area contributed by atoms with Crippen LogP contribution in [0, 0.1) is 0 Å². The molecule has 5 nitrogen and oxygen atoms in total. The van der Waals surface area contributed by atoms with E-state index in [2.05, 4.69) is 31.2 Å². The number of amides is 1. The van der Waals surface area contributed by atoms with Gasteiger partial charge in [-0.3, -0.25) is 4.79 Å². The van der Waals surface area contributed by atoms with Crippen molar-refractivity contribution in [3.63, 3.8) is 0 Å². The molecular formula is C15H18BrN3O2. The molecule has 2 aromatic rings. The molecule has 0 spiro atoms. The lowest BCUT2D eigenvalue weighted by Crippen LogP contribution is -2.25. The van der Waals surface area contributed by atoms with Crippen molar-refractivity contribution in [2.45, 2.75) is 19.3 Å². The Kier molecular flexibility index (Phi) is 5.80. The minimum absolute atomic E-state index is 0.0569. The molecule has 1 amide bonds. The Hall–Kier alpha value is -1.82. The Bertz CT molecular complexity index is 585. The highest BCUT2D eigenvalue weighted by Gasteiger charge is 2.05. The lowest BCUT2D eigenvalue weighted by molar-refractivity contribution is -0.121. The van der Waals surface area contributed by atoms with Gasteiger partial charge in [0, 0.05) is 31.3 Å². The number of carbonyl (C=O) groups excluding carboxylic acids is 1. The van der Waals surface area contributed by atoms with E-state index in [4.69, 9.17) is 4.74 Å². The first-order valence-corrected chi connectivity index (χ1v) is 7.54. The zero-order valence-corrected chi connectivity index (χ0v) is 13.4. The summed E-state index contributed by atoms with van der Waals surface area (Å²) in [5.74, 6) is 0.851. The maximum atomic E-state index is 11.8. The van der Waals surface area contributed by atoms with Gasteiger partial charge in [0.1, 0.15) is 5.75 Å². The Labute approximate surface area is 132 Å². The Morgan fingerprint density at radius 1 is 1.43 bits per heavy atom. The second-order valence-electron chi connectivity index (χ2n) is 4.65. The maximum Gasteiger partial charge on any atom is 0.220 e. The summed E-state index contributed by atoms with van der Waals surface area (Å²) in [6.07, 6.45) is 5.35. The molecule has 0 fully saturated rings. The predicted octanol–water partition coefficient (Wildman–Crippen LogP) is 2.47. The van der Waals surface area contributed by atoms with Gasteiger partial charge in [0.15, 0.2) is 0 Å². The summed E-state index contributed by atoms with van der Waals surface area (Å²) in [7, 11) is 1.63. The van der Waals surface area contributed by atoms with Crippen LogP contribution in [-0.4, -0.2) is 29.5 Å². The molecule has 0 unspecified atom stereocenters. The zero-order chi connectivity index (χ0) is 15.1. The summed E-state index contributed by atoms with van der Waals surface area (Å²) in [5.41, 5.74) is 2.13. The number of H-pyrrole nitrogens is 1. The van der Waals surface area contributed by atoms with Crippen molar-refractivity contribution >= 4 is 21.8 Å². The fourth-order valence-electron chi connectivity index (χ4n) is 1.97. The molecular weight excluding hydrogens is 334 g/mol. The quantitative estimate of drug-likeness (QED) is 0.805. The van der Waals surface area contributed by atoms with Gasteiger partial charge in [0.05, 0.1) is 17.9 Å². The number of halogens is 1. The van der Waals surface area contributed by atoms with E-state index in [0.717, 1.165) is 27.9 Å². The number of nitrogens with zero attached hydrogens (tertiary/aromatic N) is 1. The van der Waals surface area contributed by atoms with E-state index in [9.17, 15) is 4.79 Å². The number of benzene rings is 1. The standard InChI is InChI=1S/C15H18BrN3O2/c1-21-14-4-2-11(8-13(14)16)3-5-15(20)18-7-6-12-9-17-10-19-12/h2,4,8-10H,3,5-7H2,1H3,(H,17,19)(H,18,20). The molecule has 6 heteroatoms. The molecule has 1 heterocycles. The summed E-state index contributed by atoms with van der Waals surface area (Å²) in [6.45, 7) is 0.618. The lowest BCUT2D eigenvalue weighted by atomic mass is 10.1. The third-order valence-electron chi connectivity index (χ3n) is 3.13. The van der Waals surface area contributed by atoms with Crippen LogP contribution in [0.4, 0.5) is 0 Å². The first-order chi connectivity index (χ1) is 10.2. The van der Waals surface area contributed by atoms with Crippen LogP contribution in [0.3, 0.4) is 0 Å². The van der Waals surface area contributed by atoms with E-state index in [1.807, 2.05) is 18.2 Å². The Morgan fingerprint density at radius 3 is 2.95 bits per heavy atom. The summed E-state index contributed by atoms with van der Waals surface area (Å²) in [5, 5.41) is 2.91. The van der Waals surface area contributed by atoms with E-state index >= 15 is 0 Å². The molecule has 1 aromatic heterocycles. The second-order valence-corrected chi connectivity index (χ2v) is 5.50. The van der Waals surface area contributed by atoms with E-state index in [1.54, 1.807) is 19.6 Å². The average molecular weight is 352 g/mol. The van der Waals surface area contributed by atoms with Gasteiger partial charge in [-0.25, -0.2) is 4.98 Å². The second kappa shape index (κ2) is 7.83. The number of hydrogen-bond donors (Lipinski definition) is 2. The van der Waals surface area contributed by atoms with Crippen LogP contribution in [0.2, 0.25) is 0 Å². The minimum Gasteiger partial charge on any atom is -0.496 e. The van der Waals surface area contributed by atoms with Gasteiger partial charge in [-0.05, 0) is 40.0 Å². The van der Waals surface area contributed by atoms with Gasteiger partial charge in [-0.1, -0.05) is 6.07 Å². The van der Waals surface area contributed by atoms with E-state index in [1.165, 1.54) is 0 Å². The van der Waals surface area contributed by atoms with E-state index in [0.29, 0.717) is 19.4 Å². The van der Waals surface area contributed by atoms with Crippen molar-refractivity contribution in [3.05, 3.63) is 46.5 Å². The van der Waals surface area contributed by atoms with Crippen LogP contribution in [0.5, 0.6) is 5.75 Å². The molecule has 1 aromatic carbocycles. The van der Waals surface area contributed by atoms with Crippen molar-refractivity contribution in [2.24, 2.45) is 0 Å². The van der Waals surface area contributed by atoms with Crippen LogP contribution in [0.1, 0.15) is 17.7 Å². The molecule has 2 N–H and O–H groups in total. The Morgan fingerprint density at radius 2 is 2.29 bits per heavy atom. The molecule has 2 rings (SSSR count). The fourth-order valence-corrected chi connectivity index (χ4v) is 2.56. The summed E-state index contributed by atoms with van der Waals surface area (Å²) < 4.78 is 6.08. The van der Waals surface area contributed by atoms with Crippen LogP contribution >= 0.6 is 15.9 Å². The number of aromatic amines is 1. The first-order valence-electron chi connectivity index (χ1n) is 6.75. The summed E-state index contributed by atoms with van der Waals surface area (Å²) in [4.78, 5) is 18.7. The third-order valence-corrected chi connectivity index (χ3v) is 3.75. The van der Waals surface area contributed by atoms with Gasteiger partial charge in [0.25, 0.3) is 0 Å². The highest BCUT2D eigenvalue weighted by Crippen LogP contribution is 2.25. The van der Waals surface area contributed by atoms with Crippen molar-refractivity contribution in [2.75, 3.05) is 13.7 Å². The predicted molar refractivity (Wildman–Crippen MR) is 84.3 cm³/mol. The van der Waals surface area contributed by atoms with Crippen LogP contribution in [0.15, 0.2) is 35.2 Å². The fraction of sp³-hybridized carbons (Fsp3) is 0.333. The monoisotopic (exact) mass is 351 g/mol. The minimum atomic E-state index is 0.0569. The van der Waals surface area contributed by atoms with Crippen molar-refractivity contribution in [3.8, 4) is 5.75 Å². The van der Waals surface area contributed by atoms with E-state index in [-0.39, 0.29) is 5.91 Å². The third kappa shape index (κ3) is 4.90. The highest BCUT2D eigenvalue weighted by atomic mass is 79.9. The number of carbonyl (C=O) groups is 1. The van der Waals surface area contributed by atoms with Gasteiger partial charge in [0.2, 0.25) is 5.91 Å². The SMILES string of the molecule is COc1ccc(CCC(=O)NCCc2cnc[nH]2)cc1Br. The average Bonchev–Trinajstić information content (AvgIpc) is 2.98. The largest absolute Gasteiger partial charge is 0.496 e. The zero-order valence-electron chi connectivity index (χ0n) is 11.9. The highest BCUT2D eigenvalue weighted by molar-refractivity contribution is 9.10. The molecule has 0 saturated carbocycles. The topological polar surface area (TPSA) is 67.0 Å². The van der Waals surface area contributed by atoms with Gasteiger partial charge < -0.3 is 15.0 Å². The molecule has 0 radical (unpaired) electrons. The maximum absolute atomic E-state index is 11.8. The molecule has 0 saturated heterocycles. The van der Waals surface area contributed by atoms with E-state index < -0.39 is 0 Å². The van der Waals surface area contributed by atoms with Crippen molar-refractivity contribution in [1.82, 2.24) is 15.3 Å². The molecule has 0 atom stereocenters. The first kappa shape index (κ1) is 15.6. The van der Waals surface area contributed by atoms with Gasteiger partial charge in [-0.2, -0.15) is 0 Å². The van der Waals surface area contributed by atoms with Crippen molar-refractivity contribution in [1.29, 1.82) is 0 Å². The van der Waals surface area contributed by atoms with Crippen LogP contribution in [0.25, 0.3) is 0 Å². The van der Waals surface area contributed by atoms with Crippen LogP contribution in [-0.2, 0) is 17.6 Å². The molecule has 0 aliphatic rings. The smallest absolute Gasteiger partial charge is 0.220 e. The number of hydrogen-bond acceptors (Lipinski definition) is 3. The number of imidazole rings is 1. The van der Waals surface area contributed by atoms with Gasteiger partial charge in [-0.15, -0.1) is 0 Å². The number of rotatable bonds is 7.